The van der Waals surface area contributed by atoms with Crippen LogP contribution in [-0.2, 0) is 9.59 Å². The van der Waals surface area contributed by atoms with Crippen molar-refractivity contribution >= 4 is 41.3 Å². The minimum Gasteiger partial charge on any atom is -0.415 e. The molecule has 2 bridgehead atoms. The number of rotatable bonds is 5. The number of halogens is 1. The molecule has 2 aromatic carbocycles. The van der Waals surface area contributed by atoms with Gasteiger partial charge in [-0.25, -0.2) is 4.79 Å². The number of carbonyl (C=O) groups is 3. The summed E-state index contributed by atoms with van der Waals surface area (Å²) in [6.07, 6.45) is 5.85. The molecule has 2 aliphatic carbocycles. The van der Waals surface area contributed by atoms with Gasteiger partial charge in [-0.3, -0.25) is 19.7 Å². The number of esters is 1. The Morgan fingerprint density at radius 2 is 1.76 bits per heavy atom. The number of amides is 2. The Kier molecular flexibility index (Phi) is 5.05. The fraction of sp³-hybridized carbons (Fsp3) is 0.217. The van der Waals surface area contributed by atoms with Gasteiger partial charge < -0.3 is 4.74 Å². The third kappa shape index (κ3) is 3.41. The highest BCUT2D eigenvalue weighted by Gasteiger charge is 2.59. The van der Waals surface area contributed by atoms with Gasteiger partial charge in [0.05, 0.1) is 33.6 Å². The zero-order chi connectivity index (χ0) is 23.3. The van der Waals surface area contributed by atoms with E-state index in [9.17, 15) is 24.5 Å². The van der Waals surface area contributed by atoms with E-state index in [2.05, 4.69) is 5.10 Å². The maximum absolute atomic E-state index is 12.8. The Morgan fingerprint density at radius 3 is 2.39 bits per heavy atom. The van der Waals surface area contributed by atoms with Gasteiger partial charge in [0.2, 0.25) is 5.75 Å². The smallest absolute Gasteiger partial charge is 0.345 e. The average molecular weight is 466 g/mol. The van der Waals surface area contributed by atoms with Crippen molar-refractivity contribution < 1.29 is 24.0 Å². The van der Waals surface area contributed by atoms with Gasteiger partial charge >= 0.3 is 11.7 Å². The summed E-state index contributed by atoms with van der Waals surface area (Å²) in [7, 11) is 0. The molecule has 1 saturated carbocycles. The van der Waals surface area contributed by atoms with Gasteiger partial charge in [0.15, 0.2) is 0 Å². The molecule has 0 aromatic heterocycles. The fourth-order valence-electron chi connectivity index (χ4n) is 4.79. The summed E-state index contributed by atoms with van der Waals surface area (Å²) in [4.78, 5) is 49.1. The number of carbonyl (C=O) groups excluding carboxylic acids is 3. The zero-order valence-corrected chi connectivity index (χ0v) is 17.7. The van der Waals surface area contributed by atoms with Crippen LogP contribution in [0.15, 0.2) is 59.7 Å². The number of allylic oxidation sites excluding steroid dienone is 2. The van der Waals surface area contributed by atoms with E-state index in [4.69, 9.17) is 16.3 Å². The Balaban J connectivity index is 1.46. The number of nitro groups is 1. The number of benzene rings is 2. The lowest BCUT2D eigenvalue weighted by molar-refractivity contribution is -0.385. The van der Waals surface area contributed by atoms with Gasteiger partial charge in [-0.1, -0.05) is 42.0 Å². The van der Waals surface area contributed by atoms with Crippen molar-refractivity contribution in [1.29, 1.82) is 0 Å². The summed E-state index contributed by atoms with van der Waals surface area (Å²) in [5, 5.41) is 16.5. The first-order valence-corrected chi connectivity index (χ1v) is 10.6. The third-order valence-corrected chi connectivity index (χ3v) is 6.60. The molecular weight excluding hydrogens is 450 g/mol. The van der Waals surface area contributed by atoms with Crippen molar-refractivity contribution in [3.8, 4) is 5.75 Å². The highest BCUT2D eigenvalue weighted by molar-refractivity contribution is 6.33. The van der Waals surface area contributed by atoms with Crippen LogP contribution in [0.3, 0.4) is 0 Å². The van der Waals surface area contributed by atoms with E-state index in [1.165, 1.54) is 30.3 Å². The maximum Gasteiger partial charge on any atom is 0.345 e. The van der Waals surface area contributed by atoms with E-state index in [0.29, 0.717) is 0 Å². The molecular formula is C23H16ClN3O6. The summed E-state index contributed by atoms with van der Waals surface area (Å²) in [5.41, 5.74) is -0.387. The lowest BCUT2D eigenvalue weighted by Gasteiger charge is -2.13. The number of hydrogen-bond donors (Lipinski definition) is 0. The summed E-state index contributed by atoms with van der Waals surface area (Å²) in [6.45, 7) is 0. The van der Waals surface area contributed by atoms with Crippen LogP contribution in [0.2, 0.25) is 5.02 Å². The second kappa shape index (κ2) is 7.93. The van der Waals surface area contributed by atoms with Crippen LogP contribution in [0.4, 0.5) is 5.69 Å². The largest absolute Gasteiger partial charge is 0.415 e. The molecule has 3 aliphatic rings. The summed E-state index contributed by atoms with van der Waals surface area (Å²) in [6, 6.07) is 10.1. The quantitative estimate of drug-likeness (QED) is 0.126. The molecule has 1 saturated heterocycles. The molecule has 1 aliphatic heterocycles. The maximum atomic E-state index is 12.8. The molecule has 5 rings (SSSR count). The first-order chi connectivity index (χ1) is 15.9. The Morgan fingerprint density at radius 1 is 1.09 bits per heavy atom. The lowest BCUT2D eigenvalue weighted by atomic mass is 9.85. The van der Waals surface area contributed by atoms with Crippen molar-refractivity contribution in [3.63, 3.8) is 0 Å². The average Bonchev–Trinajstić information content (AvgIpc) is 3.47. The Hall–Kier alpha value is -3.85. The van der Waals surface area contributed by atoms with Gasteiger partial charge in [0.1, 0.15) is 0 Å². The minimum atomic E-state index is -0.893. The van der Waals surface area contributed by atoms with Gasteiger partial charge in [-0.15, -0.1) is 0 Å². The molecule has 0 spiro atoms. The van der Waals surface area contributed by atoms with Crippen molar-refractivity contribution in [1.82, 2.24) is 5.01 Å². The van der Waals surface area contributed by atoms with Crippen LogP contribution in [-0.4, -0.2) is 33.9 Å². The number of nitro benzene ring substituents is 1. The summed E-state index contributed by atoms with van der Waals surface area (Å²) >= 11 is 6.03. The first-order valence-electron chi connectivity index (χ1n) is 10.2. The van der Waals surface area contributed by atoms with E-state index in [1.807, 2.05) is 12.2 Å². The number of hydrogen-bond acceptors (Lipinski definition) is 7. The number of nitrogens with zero attached hydrogens (tertiary/aromatic N) is 3. The molecule has 2 amide bonds. The SMILES string of the molecule is O=C(Oc1c(C=NN2C(=O)C3C4C=CC(C4)C3C2=O)cccc1[N+](=O)[O-])c1ccccc1Cl. The fourth-order valence-corrected chi connectivity index (χ4v) is 5.01. The van der Waals surface area contributed by atoms with E-state index in [0.717, 1.165) is 17.6 Å². The standard InChI is InChI=1S/C23H16ClN3O6/c24-16-6-2-1-5-15(16)23(30)33-20-14(4-3-7-17(20)27(31)32)11-25-26-21(28)18-12-8-9-13(10-12)19(18)22(26)29/h1-9,11-13,18-19H,10H2. The molecule has 4 atom stereocenters. The predicted octanol–water partition coefficient (Wildman–Crippen LogP) is 3.61. The lowest BCUT2D eigenvalue weighted by Crippen LogP contribution is -2.28. The van der Waals surface area contributed by atoms with Gasteiger partial charge in [0.25, 0.3) is 11.8 Å². The van der Waals surface area contributed by atoms with Crippen LogP contribution in [0.25, 0.3) is 0 Å². The van der Waals surface area contributed by atoms with Gasteiger partial charge in [0, 0.05) is 11.6 Å². The van der Waals surface area contributed by atoms with Crippen LogP contribution < -0.4 is 4.74 Å². The molecule has 10 heteroatoms. The summed E-state index contributed by atoms with van der Waals surface area (Å²) < 4.78 is 5.34. The van der Waals surface area contributed by atoms with E-state index < -0.39 is 40.2 Å². The first kappa shape index (κ1) is 21.0. The van der Waals surface area contributed by atoms with Crippen LogP contribution >= 0.6 is 11.6 Å². The second-order valence-electron chi connectivity index (χ2n) is 8.05. The summed E-state index contributed by atoms with van der Waals surface area (Å²) in [5.74, 6) is -2.83. The van der Waals surface area contributed by atoms with Crippen LogP contribution in [0.1, 0.15) is 22.3 Å². The molecule has 9 nitrogen and oxygen atoms in total. The molecule has 0 radical (unpaired) electrons. The van der Waals surface area contributed by atoms with Crippen LogP contribution in [0.5, 0.6) is 5.75 Å². The highest BCUT2D eigenvalue weighted by Crippen LogP contribution is 2.52. The molecule has 2 aromatic rings. The molecule has 33 heavy (non-hydrogen) atoms. The van der Waals surface area contributed by atoms with Crippen molar-refractivity contribution in [2.24, 2.45) is 28.8 Å². The number of para-hydroxylation sites is 1. The molecule has 0 N–H and O–H groups in total. The number of fused-ring (bicyclic) bond motifs is 5. The van der Waals surface area contributed by atoms with Gasteiger partial charge in [-0.05, 0) is 36.5 Å². The Bertz CT molecular complexity index is 1240. The van der Waals surface area contributed by atoms with E-state index in [1.54, 1.807) is 12.1 Å². The van der Waals surface area contributed by atoms with Crippen molar-refractivity contribution in [3.05, 3.63) is 80.9 Å². The normalized spacial score (nSPS) is 25.2. The van der Waals surface area contributed by atoms with E-state index >= 15 is 0 Å². The molecule has 4 unspecified atom stereocenters. The van der Waals surface area contributed by atoms with Crippen molar-refractivity contribution in [2.75, 3.05) is 0 Å². The predicted molar refractivity (Wildman–Crippen MR) is 117 cm³/mol. The minimum absolute atomic E-state index is 0.0286. The number of ether oxygens (including phenoxy) is 1. The second-order valence-corrected chi connectivity index (χ2v) is 8.46. The number of imide groups is 1. The molecule has 1 heterocycles. The third-order valence-electron chi connectivity index (χ3n) is 6.27. The Labute approximate surface area is 192 Å². The van der Waals surface area contributed by atoms with Crippen molar-refractivity contribution in [2.45, 2.75) is 6.42 Å². The monoisotopic (exact) mass is 465 g/mol. The van der Waals surface area contributed by atoms with E-state index in [-0.39, 0.29) is 33.7 Å². The number of hydrazone groups is 1. The zero-order valence-electron chi connectivity index (χ0n) is 17.0. The van der Waals surface area contributed by atoms with Gasteiger partial charge in [-0.2, -0.15) is 10.1 Å². The molecule has 2 fully saturated rings. The highest BCUT2D eigenvalue weighted by atomic mass is 35.5. The topological polar surface area (TPSA) is 119 Å². The van der Waals surface area contributed by atoms with Crippen LogP contribution in [0, 0.1) is 33.8 Å². The molecule has 166 valence electrons.